The first-order valence-corrected chi connectivity index (χ1v) is 3.25. The van der Waals surface area contributed by atoms with Crippen LogP contribution in [-0.2, 0) is 0 Å². The number of rotatable bonds is 0. The summed E-state index contributed by atoms with van der Waals surface area (Å²) >= 11 is 0. The molecule has 1 aliphatic heterocycles. The zero-order chi connectivity index (χ0) is 6.10. The van der Waals surface area contributed by atoms with Crippen LogP contribution in [0.25, 0.3) is 0 Å². The predicted molar refractivity (Wildman–Crippen MR) is 37.9 cm³/mol. The molecule has 0 aromatic rings. The third-order valence-electron chi connectivity index (χ3n) is 1.79. The second kappa shape index (κ2) is 1.76. The van der Waals surface area contributed by atoms with Gasteiger partial charge in [0.15, 0.2) is 0 Å². The maximum Gasteiger partial charge on any atom is 0.0245 e. The van der Waals surface area contributed by atoms with Gasteiger partial charge in [-0.05, 0) is 17.8 Å². The van der Waals surface area contributed by atoms with Gasteiger partial charge in [0.05, 0.1) is 0 Å². The number of nitrogens with one attached hydrogen (secondary N) is 1. The molecule has 1 heteroatoms. The molecule has 2 rings (SSSR count). The van der Waals surface area contributed by atoms with Gasteiger partial charge < -0.3 is 5.32 Å². The summed E-state index contributed by atoms with van der Waals surface area (Å²) in [4.78, 5) is 0. The number of allylic oxidation sites excluding steroid dienone is 3. The van der Waals surface area contributed by atoms with Crippen molar-refractivity contribution in [2.75, 3.05) is 6.54 Å². The lowest BCUT2D eigenvalue weighted by Crippen LogP contribution is -2.20. The fourth-order valence-electron chi connectivity index (χ4n) is 1.25. The average Bonchev–Trinajstić information content (AvgIpc) is 2.33. The van der Waals surface area contributed by atoms with E-state index < -0.39 is 0 Å². The van der Waals surface area contributed by atoms with E-state index in [2.05, 4.69) is 29.6 Å². The van der Waals surface area contributed by atoms with Crippen LogP contribution >= 0.6 is 0 Å². The highest BCUT2D eigenvalue weighted by atomic mass is 14.8. The van der Waals surface area contributed by atoms with Crippen molar-refractivity contribution in [3.05, 3.63) is 36.1 Å². The van der Waals surface area contributed by atoms with Gasteiger partial charge in [-0.1, -0.05) is 18.2 Å². The van der Waals surface area contributed by atoms with E-state index in [1.807, 2.05) is 6.20 Å². The van der Waals surface area contributed by atoms with E-state index >= 15 is 0 Å². The SMILES string of the molecule is C1=CC2CNC=CC2=C1. The largest absolute Gasteiger partial charge is 0.390 e. The van der Waals surface area contributed by atoms with E-state index in [0.717, 1.165) is 6.54 Å². The average molecular weight is 119 g/mol. The Labute approximate surface area is 54.8 Å². The monoisotopic (exact) mass is 119 g/mol. The summed E-state index contributed by atoms with van der Waals surface area (Å²) < 4.78 is 0. The summed E-state index contributed by atoms with van der Waals surface area (Å²) in [6.45, 7) is 1.07. The summed E-state index contributed by atoms with van der Waals surface area (Å²) in [5.74, 6) is 0.648. The van der Waals surface area contributed by atoms with Crippen LogP contribution in [0.3, 0.4) is 0 Å². The smallest absolute Gasteiger partial charge is 0.0245 e. The van der Waals surface area contributed by atoms with Gasteiger partial charge in [-0.3, -0.25) is 0 Å². The molecule has 2 aliphatic rings. The van der Waals surface area contributed by atoms with Gasteiger partial charge in [0.25, 0.3) is 0 Å². The highest BCUT2D eigenvalue weighted by Gasteiger charge is 2.13. The molecule has 0 radical (unpaired) electrons. The third-order valence-corrected chi connectivity index (χ3v) is 1.79. The molecule has 9 heavy (non-hydrogen) atoms. The van der Waals surface area contributed by atoms with Crippen molar-refractivity contribution in [3.8, 4) is 0 Å². The lowest BCUT2D eigenvalue weighted by atomic mass is 10.0. The summed E-state index contributed by atoms with van der Waals surface area (Å²) in [5, 5.41) is 3.18. The zero-order valence-electron chi connectivity index (χ0n) is 5.17. The lowest BCUT2D eigenvalue weighted by Gasteiger charge is -2.15. The van der Waals surface area contributed by atoms with Gasteiger partial charge in [0.2, 0.25) is 0 Å². The predicted octanol–water partition coefficient (Wildman–Crippen LogP) is 1.22. The molecular formula is C8H9N. The van der Waals surface area contributed by atoms with Gasteiger partial charge in [0.1, 0.15) is 0 Å². The van der Waals surface area contributed by atoms with Crippen molar-refractivity contribution in [1.29, 1.82) is 0 Å². The molecule has 0 spiro atoms. The van der Waals surface area contributed by atoms with Crippen molar-refractivity contribution in [2.45, 2.75) is 0 Å². The van der Waals surface area contributed by atoms with E-state index in [1.54, 1.807) is 0 Å². The van der Waals surface area contributed by atoms with E-state index in [4.69, 9.17) is 0 Å². The van der Waals surface area contributed by atoms with Crippen LogP contribution in [0.4, 0.5) is 0 Å². The lowest BCUT2D eigenvalue weighted by molar-refractivity contribution is 0.693. The molecular weight excluding hydrogens is 110 g/mol. The molecule has 0 saturated heterocycles. The molecule has 1 atom stereocenters. The standard InChI is InChI=1S/C8H9N/c1-2-7-4-5-9-6-8(7)3-1/h1-5,8-9H,6H2. The number of hydrogen-bond acceptors (Lipinski definition) is 1. The van der Waals surface area contributed by atoms with Crippen molar-refractivity contribution in [3.63, 3.8) is 0 Å². The summed E-state index contributed by atoms with van der Waals surface area (Å²) in [5.41, 5.74) is 1.44. The second-order valence-corrected chi connectivity index (χ2v) is 2.40. The fourth-order valence-corrected chi connectivity index (χ4v) is 1.25. The molecule has 46 valence electrons. The molecule has 0 amide bonds. The van der Waals surface area contributed by atoms with Gasteiger partial charge in [-0.2, -0.15) is 0 Å². The Morgan fingerprint density at radius 2 is 2.56 bits per heavy atom. The molecule has 0 aromatic carbocycles. The van der Waals surface area contributed by atoms with Crippen LogP contribution in [0.15, 0.2) is 36.1 Å². The van der Waals surface area contributed by atoms with Gasteiger partial charge in [-0.15, -0.1) is 0 Å². The highest BCUT2D eigenvalue weighted by molar-refractivity contribution is 5.37. The highest BCUT2D eigenvalue weighted by Crippen LogP contribution is 2.21. The minimum atomic E-state index is 0.648. The van der Waals surface area contributed by atoms with Crippen molar-refractivity contribution in [2.24, 2.45) is 5.92 Å². The topological polar surface area (TPSA) is 12.0 Å². The van der Waals surface area contributed by atoms with E-state index in [0.29, 0.717) is 5.92 Å². The maximum absolute atomic E-state index is 3.18. The van der Waals surface area contributed by atoms with Gasteiger partial charge in [0, 0.05) is 12.5 Å². The van der Waals surface area contributed by atoms with E-state index in [9.17, 15) is 0 Å². The van der Waals surface area contributed by atoms with Crippen LogP contribution in [0.2, 0.25) is 0 Å². The first kappa shape index (κ1) is 4.86. The van der Waals surface area contributed by atoms with E-state index in [-0.39, 0.29) is 0 Å². The fraction of sp³-hybridized carbons (Fsp3) is 0.250. The Bertz CT molecular complexity index is 199. The van der Waals surface area contributed by atoms with Crippen molar-refractivity contribution >= 4 is 0 Å². The first-order valence-electron chi connectivity index (χ1n) is 3.25. The molecule has 0 bridgehead atoms. The molecule has 0 fully saturated rings. The number of fused-ring (bicyclic) bond motifs is 1. The maximum atomic E-state index is 3.18. The normalized spacial score (nSPS) is 29.3. The first-order chi connectivity index (χ1) is 4.47. The Balaban J connectivity index is 2.31. The molecule has 0 saturated carbocycles. The Morgan fingerprint density at radius 3 is 3.44 bits per heavy atom. The molecule has 0 aromatic heterocycles. The molecule has 1 heterocycles. The zero-order valence-corrected chi connectivity index (χ0v) is 5.17. The summed E-state index contributed by atoms with van der Waals surface area (Å²) in [6.07, 6.45) is 10.7. The Morgan fingerprint density at radius 1 is 1.56 bits per heavy atom. The van der Waals surface area contributed by atoms with Crippen molar-refractivity contribution in [1.82, 2.24) is 5.32 Å². The van der Waals surface area contributed by atoms with Crippen LogP contribution in [0, 0.1) is 5.92 Å². The van der Waals surface area contributed by atoms with Crippen LogP contribution in [-0.4, -0.2) is 6.54 Å². The van der Waals surface area contributed by atoms with Gasteiger partial charge >= 0.3 is 0 Å². The molecule has 1 aliphatic carbocycles. The summed E-state index contributed by atoms with van der Waals surface area (Å²) in [6, 6.07) is 0. The number of hydrogen-bond donors (Lipinski definition) is 1. The van der Waals surface area contributed by atoms with Gasteiger partial charge in [-0.25, -0.2) is 0 Å². The van der Waals surface area contributed by atoms with Crippen LogP contribution < -0.4 is 5.32 Å². The quantitative estimate of drug-likeness (QED) is 0.505. The molecule has 1 N–H and O–H groups in total. The van der Waals surface area contributed by atoms with Crippen LogP contribution in [0.5, 0.6) is 0 Å². The minimum Gasteiger partial charge on any atom is -0.390 e. The third kappa shape index (κ3) is 0.689. The Kier molecular flexibility index (Phi) is 0.950. The van der Waals surface area contributed by atoms with E-state index in [1.165, 1.54) is 5.57 Å². The van der Waals surface area contributed by atoms with Crippen molar-refractivity contribution < 1.29 is 0 Å². The second-order valence-electron chi connectivity index (χ2n) is 2.40. The summed E-state index contributed by atoms with van der Waals surface area (Å²) in [7, 11) is 0. The molecule has 1 unspecified atom stereocenters. The van der Waals surface area contributed by atoms with Crippen LogP contribution in [0.1, 0.15) is 0 Å². The molecule has 1 nitrogen and oxygen atoms in total. The Hall–Kier alpha value is -0.980. The minimum absolute atomic E-state index is 0.648.